The number of carbonyl (C=O) groups is 1. The molecule has 0 bridgehead atoms. The van der Waals surface area contributed by atoms with Crippen LogP contribution in [0.2, 0.25) is 0 Å². The van der Waals surface area contributed by atoms with Crippen molar-refractivity contribution in [3.05, 3.63) is 34.3 Å². The van der Waals surface area contributed by atoms with E-state index in [0.717, 1.165) is 10.0 Å². The maximum absolute atomic E-state index is 13.3. The Bertz CT molecular complexity index is 427. The molecule has 1 aliphatic heterocycles. The molecule has 2 atom stereocenters. The van der Waals surface area contributed by atoms with Gasteiger partial charge < -0.3 is 5.73 Å². The first-order valence-electron chi connectivity index (χ1n) is 5.48. The van der Waals surface area contributed by atoms with E-state index in [1.165, 1.54) is 0 Å². The Hall–Kier alpha value is -0.940. The summed E-state index contributed by atoms with van der Waals surface area (Å²) in [6, 6.07) is 7.28. The van der Waals surface area contributed by atoms with Gasteiger partial charge in [0.15, 0.2) is 0 Å². The third kappa shape index (κ3) is 3.04. The first-order chi connectivity index (χ1) is 8.06. The van der Waals surface area contributed by atoms with Crippen molar-refractivity contribution in [3.8, 4) is 0 Å². The lowest BCUT2D eigenvalue weighted by molar-refractivity contribution is -0.122. The van der Waals surface area contributed by atoms with E-state index in [-0.39, 0.29) is 13.0 Å². The van der Waals surface area contributed by atoms with Crippen molar-refractivity contribution >= 4 is 21.8 Å². The summed E-state index contributed by atoms with van der Waals surface area (Å²) in [5.41, 5.74) is 6.32. The van der Waals surface area contributed by atoms with Crippen molar-refractivity contribution in [1.29, 1.82) is 0 Å². The molecule has 0 aromatic heterocycles. The Morgan fingerprint density at radius 1 is 1.59 bits per heavy atom. The van der Waals surface area contributed by atoms with Crippen LogP contribution in [0.3, 0.4) is 0 Å². The van der Waals surface area contributed by atoms with Crippen LogP contribution in [0.25, 0.3) is 0 Å². The van der Waals surface area contributed by atoms with Crippen molar-refractivity contribution in [2.75, 3.05) is 6.54 Å². The van der Waals surface area contributed by atoms with Gasteiger partial charge in [0, 0.05) is 24.0 Å². The highest BCUT2D eigenvalue weighted by molar-refractivity contribution is 9.10. The summed E-state index contributed by atoms with van der Waals surface area (Å²) in [7, 11) is 0. The van der Waals surface area contributed by atoms with Crippen LogP contribution in [0.1, 0.15) is 12.0 Å². The number of nitrogens with zero attached hydrogens (tertiary/aromatic N) is 1. The predicted octanol–water partition coefficient (Wildman–Crippen LogP) is 1.85. The minimum atomic E-state index is -0.959. The summed E-state index contributed by atoms with van der Waals surface area (Å²) in [6.45, 7) is 0.827. The highest BCUT2D eigenvalue weighted by Gasteiger charge is 2.35. The molecule has 1 amide bonds. The van der Waals surface area contributed by atoms with Crippen molar-refractivity contribution in [2.24, 2.45) is 5.73 Å². The van der Waals surface area contributed by atoms with Crippen LogP contribution in [-0.4, -0.2) is 29.6 Å². The highest BCUT2D eigenvalue weighted by atomic mass is 79.9. The number of hydrogen-bond acceptors (Lipinski definition) is 2. The van der Waals surface area contributed by atoms with Crippen LogP contribution in [0.5, 0.6) is 0 Å². The number of hydrogen-bond donors (Lipinski definition) is 1. The maximum atomic E-state index is 13.3. The molecule has 0 aliphatic carbocycles. The van der Waals surface area contributed by atoms with Crippen molar-refractivity contribution in [1.82, 2.24) is 4.90 Å². The van der Waals surface area contributed by atoms with Gasteiger partial charge in [-0.25, -0.2) is 4.39 Å². The number of amides is 1. The largest absolute Gasteiger partial charge is 0.368 e. The molecule has 0 unspecified atom stereocenters. The first-order valence-corrected chi connectivity index (χ1v) is 6.27. The molecule has 2 rings (SSSR count). The second-order valence-electron chi connectivity index (χ2n) is 4.31. The molecule has 1 saturated heterocycles. The summed E-state index contributed by atoms with van der Waals surface area (Å²) in [4.78, 5) is 13.0. The Morgan fingerprint density at radius 2 is 2.35 bits per heavy atom. The van der Waals surface area contributed by atoms with E-state index >= 15 is 0 Å². The molecule has 3 nitrogen and oxygen atoms in total. The lowest BCUT2D eigenvalue weighted by Crippen LogP contribution is -2.39. The molecule has 17 heavy (non-hydrogen) atoms. The van der Waals surface area contributed by atoms with Crippen molar-refractivity contribution in [2.45, 2.75) is 25.2 Å². The van der Waals surface area contributed by atoms with Crippen molar-refractivity contribution in [3.63, 3.8) is 0 Å². The molecule has 1 fully saturated rings. The number of rotatable bonds is 3. The average molecular weight is 301 g/mol. The molecule has 1 aromatic rings. The second kappa shape index (κ2) is 5.14. The lowest BCUT2D eigenvalue weighted by Gasteiger charge is -2.21. The lowest BCUT2D eigenvalue weighted by atomic mass is 10.1. The van der Waals surface area contributed by atoms with Gasteiger partial charge in [0.1, 0.15) is 6.17 Å². The minimum absolute atomic E-state index is 0.212. The van der Waals surface area contributed by atoms with Crippen molar-refractivity contribution < 1.29 is 9.18 Å². The number of benzene rings is 1. The fraction of sp³-hybridized carbons (Fsp3) is 0.417. The molecule has 0 radical (unpaired) electrons. The summed E-state index contributed by atoms with van der Waals surface area (Å²) in [5, 5.41) is 0. The number of nitrogens with two attached hydrogens (primary N) is 1. The Balaban J connectivity index is 2.09. The van der Waals surface area contributed by atoms with Gasteiger partial charge in [-0.15, -0.1) is 0 Å². The SMILES string of the molecule is NC(=O)[C@@H]1C[C@@H](F)CN1Cc1cccc(Br)c1. The molecule has 1 aliphatic rings. The summed E-state index contributed by atoms with van der Waals surface area (Å²) < 4.78 is 14.3. The highest BCUT2D eigenvalue weighted by Crippen LogP contribution is 2.23. The number of halogens is 2. The van der Waals surface area contributed by atoms with E-state index in [1.807, 2.05) is 24.3 Å². The van der Waals surface area contributed by atoms with Crippen LogP contribution < -0.4 is 5.73 Å². The van der Waals surface area contributed by atoms with Gasteiger partial charge in [0.2, 0.25) is 5.91 Å². The number of carbonyl (C=O) groups excluding carboxylic acids is 1. The molecular weight excluding hydrogens is 287 g/mol. The minimum Gasteiger partial charge on any atom is -0.368 e. The quantitative estimate of drug-likeness (QED) is 0.926. The Labute approximate surface area is 108 Å². The number of primary amides is 1. The first kappa shape index (κ1) is 12.5. The van der Waals surface area contributed by atoms with Crippen LogP contribution in [-0.2, 0) is 11.3 Å². The third-order valence-corrected chi connectivity index (χ3v) is 3.45. The second-order valence-corrected chi connectivity index (χ2v) is 5.23. The Kier molecular flexibility index (Phi) is 3.79. The number of likely N-dealkylation sites (tertiary alicyclic amines) is 1. The van der Waals surface area contributed by atoms with Crippen LogP contribution in [0.4, 0.5) is 4.39 Å². The molecule has 2 N–H and O–H groups in total. The molecule has 0 saturated carbocycles. The van der Waals surface area contributed by atoms with Crippen LogP contribution in [0, 0.1) is 0 Å². The van der Waals surface area contributed by atoms with Gasteiger partial charge in [-0.3, -0.25) is 9.69 Å². The fourth-order valence-corrected chi connectivity index (χ4v) is 2.63. The molecule has 1 heterocycles. The third-order valence-electron chi connectivity index (χ3n) is 2.96. The molecule has 5 heteroatoms. The molecule has 0 spiro atoms. The average Bonchev–Trinajstić information content (AvgIpc) is 2.59. The zero-order valence-corrected chi connectivity index (χ0v) is 10.9. The van der Waals surface area contributed by atoms with E-state index < -0.39 is 18.1 Å². The van der Waals surface area contributed by atoms with Crippen LogP contribution in [0.15, 0.2) is 28.7 Å². The molecular formula is C12H14BrFN2O. The Morgan fingerprint density at radius 3 is 3.00 bits per heavy atom. The van der Waals surface area contributed by atoms with E-state index in [2.05, 4.69) is 15.9 Å². The van der Waals surface area contributed by atoms with Gasteiger partial charge in [0.05, 0.1) is 6.04 Å². The van der Waals surface area contributed by atoms with E-state index in [1.54, 1.807) is 4.90 Å². The normalized spacial score (nSPS) is 25.1. The summed E-state index contributed by atoms with van der Waals surface area (Å²) in [5.74, 6) is -0.444. The maximum Gasteiger partial charge on any atom is 0.234 e. The van der Waals surface area contributed by atoms with E-state index in [9.17, 15) is 9.18 Å². The van der Waals surface area contributed by atoms with E-state index in [0.29, 0.717) is 6.54 Å². The molecule has 1 aromatic carbocycles. The molecule has 92 valence electrons. The number of alkyl halides is 1. The standard InChI is InChI=1S/C12H14BrFN2O/c13-9-3-1-2-8(4-9)6-16-7-10(14)5-11(16)12(15)17/h1-4,10-11H,5-7H2,(H2,15,17)/t10-,11+/m1/s1. The van der Waals surface area contributed by atoms with Gasteiger partial charge in [-0.05, 0) is 17.7 Å². The predicted molar refractivity (Wildman–Crippen MR) is 67.0 cm³/mol. The fourth-order valence-electron chi connectivity index (χ4n) is 2.19. The van der Waals surface area contributed by atoms with Gasteiger partial charge in [0.25, 0.3) is 0 Å². The zero-order valence-electron chi connectivity index (χ0n) is 9.27. The summed E-state index contributed by atoms with van der Waals surface area (Å²) in [6.07, 6.45) is -0.747. The summed E-state index contributed by atoms with van der Waals surface area (Å²) >= 11 is 3.38. The van der Waals surface area contributed by atoms with Gasteiger partial charge >= 0.3 is 0 Å². The van der Waals surface area contributed by atoms with Gasteiger partial charge in [-0.2, -0.15) is 0 Å². The topological polar surface area (TPSA) is 46.3 Å². The zero-order chi connectivity index (χ0) is 12.4. The van der Waals surface area contributed by atoms with Crippen LogP contribution >= 0.6 is 15.9 Å². The monoisotopic (exact) mass is 300 g/mol. The van der Waals surface area contributed by atoms with Gasteiger partial charge in [-0.1, -0.05) is 28.1 Å². The van der Waals surface area contributed by atoms with E-state index in [4.69, 9.17) is 5.73 Å². The smallest absolute Gasteiger partial charge is 0.234 e.